The molecule has 0 radical (unpaired) electrons. The number of rotatable bonds is 6. The lowest BCUT2D eigenvalue weighted by molar-refractivity contribution is 0.326. The Morgan fingerprint density at radius 3 is 2.58 bits per heavy atom. The SMILES string of the molecule is CC(C)CN(Cc1ccsc1)S(=O)(=O)N1CCCC1. The molecule has 6 heteroatoms. The fourth-order valence-electron chi connectivity index (χ4n) is 2.32. The van der Waals surface area contributed by atoms with Gasteiger partial charge in [-0.1, -0.05) is 13.8 Å². The summed E-state index contributed by atoms with van der Waals surface area (Å²) in [5.41, 5.74) is 1.08. The largest absolute Gasteiger partial charge is 0.282 e. The van der Waals surface area contributed by atoms with E-state index in [4.69, 9.17) is 0 Å². The second-order valence-electron chi connectivity index (χ2n) is 5.43. The van der Waals surface area contributed by atoms with E-state index in [1.807, 2.05) is 16.8 Å². The van der Waals surface area contributed by atoms with Crippen molar-refractivity contribution in [1.29, 1.82) is 0 Å². The van der Waals surface area contributed by atoms with Crippen molar-refractivity contribution in [3.05, 3.63) is 22.4 Å². The molecule has 0 saturated carbocycles. The summed E-state index contributed by atoms with van der Waals surface area (Å²) in [5.74, 6) is 0.330. The first-order valence-electron chi connectivity index (χ1n) is 6.76. The van der Waals surface area contributed by atoms with E-state index in [9.17, 15) is 8.42 Å². The number of hydrogen-bond donors (Lipinski definition) is 0. The van der Waals surface area contributed by atoms with Crippen LogP contribution >= 0.6 is 11.3 Å². The summed E-state index contributed by atoms with van der Waals surface area (Å²) < 4.78 is 28.6. The van der Waals surface area contributed by atoms with Gasteiger partial charge in [-0.25, -0.2) is 0 Å². The third-order valence-electron chi connectivity index (χ3n) is 3.23. The van der Waals surface area contributed by atoms with Gasteiger partial charge in [0.15, 0.2) is 0 Å². The van der Waals surface area contributed by atoms with Crippen LogP contribution in [0.15, 0.2) is 16.8 Å². The van der Waals surface area contributed by atoms with E-state index >= 15 is 0 Å². The highest BCUT2D eigenvalue weighted by molar-refractivity contribution is 7.86. The van der Waals surface area contributed by atoms with Crippen LogP contribution in [-0.2, 0) is 16.8 Å². The molecule has 2 rings (SSSR count). The number of nitrogens with zero attached hydrogens (tertiary/aromatic N) is 2. The minimum atomic E-state index is -3.30. The van der Waals surface area contributed by atoms with E-state index in [0.717, 1.165) is 18.4 Å². The second-order valence-corrected chi connectivity index (χ2v) is 8.14. The summed E-state index contributed by atoms with van der Waals surface area (Å²) >= 11 is 1.61. The average Bonchev–Trinajstić information content (AvgIpc) is 3.00. The van der Waals surface area contributed by atoms with Crippen LogP contribution in [-0.4, -0.2) is 36.7 Å². The molecular weight excluding hydrogens is 280 g/mol. The van der Waals surface area contributed by atoms with Gasteiger partial charge < -0.3 is 0 Å². The van der Waals surface area contributed by atoms with Gasteiger partial charge in [-0.3, -0.25) is 0 Å². The Morgan fingerprint density at radius 1 is 1.37 bits per heavy atom. The zero-order valence-electron chi connectivity index (χ0n) is 11.6. The van der Waals surface area contributed by atoms with Gasteiger partial charge in [-0.05, 0) is 41.1 Å². The van der Waals surface area contributed by atoms with Crippen molar-refractivity contribution >= 4 is 21.5 Å². The Bertz CT molecular complexity index is 477. The Hall–Kier alpha value is -0.430. The Kier molecular flexibility index (Phi) is 5.00. The lowest BCUT2D eigenvalue weighted by atomic mass is 10.2. The van der Waals surface area contributed by atoms with Gasteiger partial charge >= 0.3 is 0 Å². The average molecular weight is 302 g/mol. The first kappa shape index (κ1) is 15.0. The van der Waals surface area contributed by atoms with Crippen LogP contribution in [0.25, 0.3) is 0 Å². The molecule has 4 nitrogen and oxygen atoms in total. The maximum absolute atomic E-state index is 12.6. The third-order valence-corrected chi connectivity index (χ3v) is 5.91. The second kappa shape index (κ2) is 6.35. The molecule has 19 heavy (non-hydrogen) atoms. The molecule has 0 aliphatic carbocycles. The molecule has 2 heterocycles. The van der Waals surface area contributed by atoms with Crippen molar-refractivity contribution in [1.82, 2.24) is 8.61 Å². The fraction of sp³-hybridized carbons (Fsp3) is 0.692. The smallest absolute Gasteiger partial charge is 0.195 e. The highest BCUT2D eigenvalue weighted by Crippen LogP contribution is 2.20. The van der Waals surface area contributed by atoms with Crippen LogP contribution in [0.4, 0.5) is 0 Å². The minimum absolute atomic E-state index is 0.330. The molecule has 1 aliphatic heterocycles. The Balaban J connectivity index is 2.16. The molecular formula is C13H22N2O2S2. The molecule has 1 saturated heterocycles. The monoisotopic (exact) mass is 302 g/mol. The van der Waals surface area contributed by atoms with E-state index < -0.39 is 10.2 Å². The summed E-state index contributed by atoms with van der Waals surface area (Å²) in [7, 11) is -3.30. The van der Waals surface area contributed by atoms with Gasteiger partial charge in [-0.2, -0.15) is 28.4 Å². The predicted molar refractivity (Wildman–Crippen MR) is 79.3 cm³/mol. The lowest BCUT2D eigenvalue weighted by Gasteiger charge is -2.28. The van der Waals surface area contributed by atoms with E-state index in [1.54, 1.807) is 19.9 Å². The summed E-state index contributed by atoms with van der Waals surface area (Å²) in [6, 6.07) is 2.00. The summed E-state index contributed by atoms with van der Waals surface area (Å²) in [4.78, 5) is 0. The van der Waals surface area contributed by atoms with Crippen LogP contribution in [0.2, 0.25) is 0 Å². The first-order valence-corrected chi connectivity index (χ1v) is 9.10. The molecule has 1 aliphatic rings. The predicted octanol–water partition coefficient (Wildman–Crippen LogP) is 2.55. The summed E-state index contributed by atoms with van der Waals surface area (Å²) in [6.45, 7) is 6.51. The van der Waals surface area contributed by atoms with Crippen molar-refractivity contribution in [2.75, 3.05) is 19.6 Å². The van der Waals surface area contributed by atoms with Gasteiger partial charge in [0.1, 0.15) is 0 Å². The van der Waals surface area contributed by atoms with Crippen LogP contribution in [0, 0.1) is 5.92 Å². The van der Waals surface area contributed by atoms with Gasteiger partial charge in [-0.15, -0.1) is 0 Å². The van der Waals surface area contributed by atoms with Crippen LogP contribution < -0.4 is 0 Å². The molecule has 108 valence electrons. The lowest BCUT2D eigenvalue weighted by Crippen LogP contribution is -2.43. The van der Waals surface area contributed by atoms with Gasteiger partial charge in [0.25, 0.3) is 10.2 Å². The third kappa shape index (κ3) is 3.78. The molecule has 0 N–H and O–H groups in total. The first-order chi connectivity index (χ1) is 9.00. The maximum Gasteiger partial charge on any atom is 0.282 e. The molecule has 1 aromatic rings. The van der Waals surface area contributed by atoms with E-state index in [0.29, 0.717) is 32.1 Å². The highest BCUT2D eigenvalue weighted by atomic mass is 32.2. The molecule has 0 spiro atoms. The summed E-state index contributed by atoms with van der Waals surface area (Å²) in [6.07, 6.45) is 1.96. The normalized spacial score (nSPS) is 17.7. The molecule has 0 bridgehead atoms. The van der Waals surface area contributed by atoms with Crippen molar-refractivity contribution in [3.63, 3.8) is 0 Å². The maximum atomic E-state index is 12.6. The minimum Gasteiger partial charge on any atom is -0.195 e. The fourth-order valence-corrected chi connectivity index (χ4v) is 4.82. The van der Waals surface area contributed by atoms with E-state index in [-0.39, 0.29) is 0 Å². The molecule has 0 unspecified atom stereocenters. The van der Waals surface area contributed by atoms with Crippen molar-refractivity contribution in [3.8, 4) is 0 Å². The number of hydrogen-bond acceptors (Lipinski definition) is 3. The van der Waals surface area contributed by atoms with Crippen LogP contribution in [0.1, 0.15) is 32.3 Å². The number of thiophene rings is 1. The zero-order valence-corrected chi connectivity index (χ0v) is 13.2. The van der Waals surface area contributed by atoms with Gasteiger partial charge in [0.05, 0.1) is 0 Å². The quantitative estimate of drug-likeness (QED) is 0.810. The Labute approximate surface area is 120 Å². The van der Waals surface area contributed by atoms with Crippen LogP contribution in [0.5, 0.6) is 0 Å². The zero-order chi connectivity index (χ0) is 13.9. The molecule has 0 amide bonds. The Morgan fingerprint density at radius 2 is 2.05 bits per heavy atom. The van der Waals surface area contributed by atoms with Crippen molar-refractivity contribution in [2.24, 2.45) is 5.92 Å². The molecule has 1 aromatic heterocycles. The molecule has 1 fully saturated rings. The van der Waals surface area contributed by atoms with E-state index in [1.165, 1.54) is 0 Å². The molecule has 0 atom stereocenters. The van der Waals surface area contributed by atoms with Crippen molar-refractivity contribution < 1.29 is 8.42 Å². The standard InChI is InChI=1S/C13H22N2O2S2/c1-12(2)9-15(10-13-5-8-18-11-13)19(16,17)14-6-3-4-7-14/h5,8,11-12H,3-4,6-7,9-10H2,1-2H3. The van der Waals surface area contributed by atoms with Crippen molar-refractivity contribution in [2.45, 2.75) is 33.2 Å². The highest BCUT2D eigenvalue weighted by Gasteiger charge is 2.31. The van der Waals surface area contributed by atoms with Crippen LogP contribution in [0.3, 0.4) is 0 Å². The molecule has 0 aromatic carbocycles. The van der Waals surface area contributed by atoms with Gasteiger partial charge in [0, 0.05) is 26.2 Å². The van der Waals surface area contributed by atoms with E-state index in [2.05, 4.69) is 13.8 Å². The topological polar surface area (TPSA) is 40.6 Å². The van der Waals surface area contributed by atoms with Gasteiger partial charge in [0.2, 0.25) is 0 Å². The summed E-state index contributed by atoms with van der Waals surface area (Å²) in [5, 5.41) is 4.01.